The van der Waals surface area contributed by atoms with Crippen molar-refractivity contribution in [2.75, 3.05) is 13.2 Å². The standard InChI is InChI=1S/C13H21NO3S/c1-13(2,5-3-6-15)9-14-8-10-4-7-18-11(10)12(16)17/h4,7,14-15H,3,5-6,8-9H2,1-2H3,(H,16,17). The van der Waals surface area contributed by atoms with Gasteiger partial charge in [0.05, 0.1) is 0 Å². The Labute approximate surface area is 112 Å². The maximum Gasteiger partial charge on any atom is 0.346 e. The summed E-state index contributed by atoms with van der Waals surface area (Å²) < 4.78 is 0. The van der Waals surface area contributed by atoms with Crippen molar-refractivity contribution in [2.24, 2.45) is 5.41 Å². The molecule has 0 spiro atoms. The van der Waals surface area contributed by atoms with Crippen molar-refractivity contribution in [1.29, 1.82) is 0 Å². The molecule has 0 saturated carbocycles. The Morgan fingerprint density at radius 1 is 1.50 bits per heavy atom. The SMILES string of the molecule is CC(C)(CCCO)CNCc1ccsc1C(=O)O. The van der Waals surface area contributed by atoms with Crippen molar-refractivity contribution in [1.82, 2.24) is 5.32 Å². The van der Waals surface area contributed by atoms with Gasteiger partial charge in [-0.2, -0.15) is 0 Å². The highest BCUT2D eigenvalue weighted by molar-refractivity contribution is 7.12. The number of carbonyl (C=O) groups is 1. The summed E-state index contributed by atoms with van der Waals surface area (Å²) >= 11 is 1.26. The summed E-state index contributed by atoms with van der Waals surface area (Å²) in [4.78, 5) is 11.4. The average molecular weight is 271 g/mol. The molecule has 0 amide bonds. The zero-order valence-corrected chi connectivity index (χ0v) is 11.7. The second-order valence-electron chi connectivity index (χ2n) is 5.18. The minimum Gasteiger partial charge on any atom is -0.477 e. The molecule has 1 heterocycles. The first-order chi connectivity index (χ1) is 8.46. The zero-order chi connectivity index (χ0) is 13.6. The number of carboxylic acids is 1. The number of thiophene rings is 1. The van der Waals surface area contributed by atoms with Crippen LogP contribution in [-0.4, -0.2) is 29.3 Å². The van der Waals surface area contributed by atoms with E-state index in [0.717, 1.165) is 24.9 Å². The van der Waals surface area contributed by atoms with Crippen LogP contribution < -0.4 is 5.32 Å². The molecule has 1 aromatic heterocycles. The summed E-state index contributed by atoms with van der Waals surface area (Å²) in [6, 6.07) is 1.85. The number of aliphatic hydroxyl groups excluding tert-OH is 1. The van der Waals surface area contributed by atoms with Crippen LogP contribution in [0.15, 0.2) is 11.4 Å². The minimum absolute atomic E-state index is 0.113. The van der Waals surface area contributed by atoms with Crippen LogP contribution in [0, 0.1) is 5.41 Å². The summed E-state index contributed by atoms with van der Waals surface area (Å²) in [7, 11) is 0. The van der Waals surface area contributed by atoms with E-state index in [2.05, 4.69) is 19.2 Å². The number of nitrogens with one attached hydrogen (secondary N) is 1. The van der Waals surface area contributed by atoms with Crippen LogP contribution in [0.4, 0.5) is 0 Å². The Hall–Kier alpha value is -0.910. The molecular weight excluding hydrogens is 250 g/mol. The Morgan fingerprint density at radius 3 is 2.83 bits per heavy atom. The molecule has 5 heteroatoms. The predicted octanol–water partition coefficient (Wildman–Crippen LogP) is 2.33. The van der Waals surface area contributed by atoms with E-state index < -0.39 is 5.97 Å². The van der Waals surface area contributed by atoms with Gasteiger partial charge in [-0.15, -0.1) is 11.3 Å². The largest absolute Gasteiger partial charge is 0.477 e. The lowest BCUT2D eigenvalue weighted by Gasteiger charge is -2.24. The maximum absolute atomic E-state index is 10.9. The van der Waals surface area contributed by atoms with Gasteiger partial charge >= 0.3 is 5.97 Å². The second-order valence-corrected chi connectivity index (χ2v) is 6.09. The van der Waals surface area contributed by atoms with Crippen molar-refractivity contribution >= 4 is 17.3 Å². The van der Waals surface area contributed by atoms with E-state index in [1.165, 1.54) is 11.3 Å². The monoisotopic (exact) mass is 271 g/mol. The molecule has 3 N–H and O–H groups in total. The molecule has 0 aliphatic heterocycles. The normalized spacial score (nSPS) is 11.7. The predicted molar refractivity (Wildman–Crippen MR) is 73.1 cm³/mol. The van der Waals surface area contributed by atoms with Gasteiger partial charge in [-0.05, 0) is 35.3 Å². The highest BCUT2D eigenvalue weighted by Gasteiger charge is 2.17. The summed E-state index contributed by atoms with van der Waals surface area (Å²) in [5.41, 5.74) is 0.952. The van der Waals surface area contributed by atoms with Crippen LogP contribution in [-0.2, 0) is 6.54 Å². The number of hydrogen-bond acceptors (Lipinski definition) is 4. The Kier molecular flexibility index (Phi) is 5.78. The first-order valence-electron chi connectivity index (χ1n) is 6.07. The van der Waals surface area contributed by atoms with Gasteiger partial charge in [-0.1, -0.05) is 13.8 Å². The van der Waals surface area contributed by atoms with E-state index in [1.807, 2.05) is 6.07 Å². The molecule has 0 atom stereocenters. The summed E-state index contributed by atoms with van der Waals surface area (Å²) in [5, 5.41) is 22.9. The summed E-state index contributed by atoms with van der Waals surface area (Å²) in [6.07, 6.45) is 1.75. The molecule has 0 saturated heterocycles. The van der Waals surface area contributed by atoms with Crippen LogP contribution in [0.2, 0.25) is 0 Å². The number of rotatable bonds is 8. The van der Waals surface area contributed by atoms with Crippen molar-refractivity contribution in [3.63, 3.8) is 0 Å². The molecule has 0 unspecified atom stereocenters. The van der Waals surface area contributed by atoms with Gasteiger partial charge in [0.1, 0.15) is 4.88 Å². The lowest BCUT2D eigenvalue weighted by Crippen LogP contribution is -2.29. The zero-order valence-electron chi connectivity index (χ0n) is 10.9. The Balaban J connectivity index is 2.41. The van der Waals surface area contributed by atoms with Crippen molar-refractivity contribution < 1.29 is 15.0 Å². The van der Waals surface area contributed by atoms with Crippen LogP contribution in [0.1, 0.15) is 41.9 Å². The highest BCUT2D eigenvalue weighted by atomic mass is 32.1. The quantitative estimate of drug-likeness (QED) is 0.679. The smallest absolute Gasteiger partial charge is 0.346 e. The van der Waals surface area contributed by atoms with E-state index in [9.17, 15) is 4.79 Å². The van der Waals surface area contributed by atoms with Crippen LogP contribution in [0.3, 0.4) is 0 Å². The number of aromatic carboxylic acids is 1. The molecule has 1 aromatic rings. The number of hydrogen-bond donors (Lipinski definition) is 3. The maximum atomic E-state index is 10.9. The van der Waals surface area contributed by atoms with E-state index in [1.54, 1.807) is 5.38 Å². The lowest BCUT2D eigenvalue weighted by molar-refractivity contribution is 0.0701. The van der Waals surface area contributed by atoms with Gasteiger partial charge in [-0.25, -0.2) is 4.79 Å². The van der Waals surface area contributed by atoms with E-state index in [4.69, 9.17) is 10.2 Å². The second kappa shape index (κ2) is 6.87. The molecule has 0 radical (unpaired) electrons. The molecule has 1 rings (SSSR count). The molecule has 4 nitrogen and oxygen atoms in total. The molecule has 0 aromatic carbocycles. The van der Waals surface area contributed by atoms with Crippen LogP contribution in [0.5, 0.6) is 0 Å². The molecule has 0 fully saturated rings. The molecule has 102 valence electrons. The summed E-state index contributed by atoms with van der Waals surface area (Å²) in [5.74, 6) is -0.860. The topological polar surface area (TPSA) is 69.6 Å². The molecule has 0 aliphatic carbocycles. The fraction of sp³-hybridized carbons (Fsp3) is 0.615. The Morgan fingerprint density at radius 2 is 2.22 bits per heavy atom. The van der Waals surface area contributed by atoms with Crippen molar-refractivity contribution in [3.05, 3.63) is 21.9 Å². The Bertz CT molecular complexity index is 387. The molecule has 0 aliphatic rings. The van der Waals surface area contributed by atoms with Gasteiger partial charge in [0.15, 0.2) is 0 Å². The third-order valence-corrected chi connectivity index (χ3v) is 3.82. The van der Waals surface area contributed by atoms with Crippen molar-refractivity contribution in [2.45, 2.75) is 33.2 Å². The lowest BCUT2D eigenvalue weighted by atomic mass is 9.88. The fourth-order valence-corrected chi connectivity index (χ4v) is 2.60. The third kappa shape index (κ3) is 4.76. The van der Waals surface area contributed by atoms with Gasteiger partial charge in [0.25, 0.3) is 0 Å². The molecular formula is C13H21NO3S. The van der Waals surface area contributed by atoms with Gasteiger partial charge in [0, 0.05) is 19.7 Å². The first-order valence-corrected chi connectivity index (χ1v) is 6.95. The van der Waals surface area contributed by atoms with E-state index >= 15 is 0 Å². The van der Waals surface area contributed by atoms with E-state index in [-0.39, 0.29) is 12.0 Å². The van der Waals surface area contributed by atoms with Gasteiger partial charge < -0.3 is 15.5 Å². The number of aliphatic hydroxyl groups is 1. The number of carboxylic acid groups (broad SMARTS) is 1. The van der Waals surface area contributed by atoms with E-state index in [0.29, 0.717) is 11.4 Å². The van der Waals surface area contributed by atoms with Gasteiger partial charge in [0.2, 0.25) is 0 Å². The van der Waals surface area contributed by atoms with Crippen LogP contribution in [0.25, 0.3) is 0 Å². The minimum atomic E-state index is -0.860. The van der Waals surface area contributed by atoms with Gasteiger partial charge in [-0.3, -0.25) is 0 Å². The summed E-state index contributed by atoms with van der Waals surface area (Å²) in [6.45, 7) is 5.88. The average Bonchev–Trinajstić information content (AvgIpc) is 2.74. The van der Waals surface area contributed by atoms with Crippen molar-refractivity contribution in [3.8, 4) is 0 Å². The third-order valence-electron chi connectivity index (χ3n) is 2.87. The first kappa shape index (κ1) is 15.1. The highest BCUT2D eigenvalue weighted by Crippen LogP contribution is 2.22. The van der Waals surface area contributed by atoms with Crippen LogP contribution >= 0.6 is 11.3 Å². The fourth-order valence-electron chi connectivity index (χ4n) is 1.84. The molecule has 0 bridgehead atoms. The molecule has 18 heavy (non-hydrogen) atoms.